The van der Waals surface area contributed by atoms with Crippen LogP contribution in [0.4, 0.5) is 6.01 Å². The van der Waals surface area contributed by atoms with E-state index in [0.29, 0.717) is 16.8 Å². The summed E-state index contributed by atoms with van der Waals surface area (Å²) in [5, 5.41) is 13.1. The van der Waals surface area contributed by atoms with Crippen LogP contribution in [0.2, 0.25) is 0 Å². The Kier molecular flexibility index (Phi) is 7.14. The quantitative estimate of drug-likeness (QED) is 0.210. The number of oxazole rings is 1. The highest BCUT2D eigenvalue weighted by molar-refractivity contribution is 8.00. The fourth-order valence-electron chi connectivity index (χ4n) is 4.40. The molecule has 0 fully saturated rings. The number of carboxylic acid groups (broad SMARTS) is 1. The van der Waals surface area contributed by atoms with Gasteiger partial charge in [-0.3, -0.25) is 0 Å². The number of aromatic nitrogens is 1. The van der Waals surface area contributed by atoms with Gasteiger partial charge in [0.2, 0.25) is 0 Å². The Morgan fingerprint density at radius 2 is 1.46 bits per heavy atom. The van der Waals surface area contributed by atoms with E-state index in [2.05, 4.69) is 46.7 Å². The van der Waals surface area contributed by atoms with Crippen LogP contribution in [-0.2, 0) is 9.54 Å². The number of rotatable bonds is 10. The number of aliphatic carboxylic acids is 1. The van der Waals surface area contributed by atoms with Crippen LogP contribution < -0.4 is 10.1 Å². The predicted molar refractivity (Wildman–Crippen MR) is 147 cm³/mol. The third kappa shape index (κ3) is 5.04. The Bertz CT molecular complexity index is 1380. The van der Waals surface area contributed by atoms with Gasteiger partial charge >= 0.3 is 5.97 Å². The smallest absolute Gasteiger partial charge is 0.327 e. The number of carboxylic acids is 1. The highest BCUT2D eigenvalue weighted by atomic mass is 32.2. The van der Waals surface area contributed by atoms with Gasteiger partial charge in [0.05, 0.1) is 11.9 Å². The fraction of sp³-hybridized carbons (Fsp3) is 0.133. The maximum atomic E-state index is 12.4. The number of benzene rings is 4. The van der Waals surface area contributed by atoms with Crippen LogP contribution in [0.1, 0.15) is 16.7 Å². The number of thioether (sulfide) groups is 1. The van der Waals surface area contributed by atoms with Crippen molar-refractivity contribution in [2.24, 2.45) is 0 Å². The molecule has 0 saturated heterocycles. The lowest BCUT2D eigenvalue weighted by molar-refractivity contribution is -0.137. The molecule has 2 N–H and O–H groups in total. The number of hydrogen-bond donors (Lipinski definition) is 2. The Hall–Kier alpha value is -4.23. The lowest BCUT2D eigenvalue weighted by Crippen LogP contribution is -2.35. The van der Waals surface area contributed by atoms with E-state index in [1.165, 1.54) is 0 Å². The Morgan fingerprint density at radius 3 is 1.95 bits per heavy atom. The molecule has 0 spiro atoms. The largest absolute Gasteiger partial charge is 0.497 e. The number of nitrogens with zero attached hydrogens (tertiary/aromatic N) is 1. The van der Waals surface area contributed by atoms with Crippen molar-refractivity contribution in [2.75, 3.05) is 18.2 Å². The lowest BCUT2D eigenvalue weighted by atomic mass is 9.84. The fourth-order valence-corrected chi connectivity index (χ4v) is 5.95. The van der Waals surface area contributed by atoms with E-state index >= 15 is 0 Å². The molecule has 0 aliphatic heterocycles. The molecule has 0 saturated carbocycles. The topological polar surface area (TPSA) is 84.6 Å². The standard InChI is InChI=1S/C30H26N2O4S/c1-35-24-17-18-27-25(19-24)31-29(36-27)32-26(28(33)34)20-37-30(21-11-5-2-6-12-21,22-13-7-3-8-14-22)23-15-9-4-10-16-23/h2-19,26H,20H2,1H3,(H,31,32)(H,33,34). The van der Waals surface area contributed by atoms with Crippen LogP contribution in [0.5, 0.6) is 5.75 Å². The molecule has 0 amide bonds. The molecule has 37 heavy (non-hydrogen) atoms. The minimum absolute atomic E-state index is 0.154. The zero-order chi connectivity index (χ0) is 25.7. The Balaban J connectivity index is 1.52. The van der Waals surface area contributed by atoms with Gasteiger partial charge in [0, 0.05) is 11.8 Å². The van der Waals surface area contributed by atoms with Crippen LogP contribution in [0.25, 0.3) is 11.1 Å². The number of nitrogens with one attached hydrogen (secondary N) is 1. The predicted octanol–water partition coefficient (Wildman–Crippen LogP) is 6.43. The number of ether oxygens (including phenoxy) is 1. The lowest BCUT2D eigenvalue weighted by Gasteiger charge is -2.36. The average Bonchev–Trinajstić information content (AvgIpc) is 3.36. The molecule has 0 aliphatic carbocycles. The molecule has 5 rings (SSSR count). The van der Waals surface area contributed by atoms with Crippen LogP contribution >= 0.6 is 11.8 Å². The summed E-state index contributed by atoms with van der Waals surface area (Å²) in [6.07, 6.45) is 0. The molecule has 186 valence electrons. The normalized spacial score (nSPS) is 12.2. The van der Waals surface area contributed by atoms with E-state index in [1.54, 1.807) is 37.1 Å². The van der Waals surface area contributed by atoms with Crippen molar-refractivity contribution in [3.05, 3.63) is 126 Å². The van der Waals surface area contributed by atoms with Gasteiger partial charge in [0.1, 0.15) is 17.3 Å². The van der Waals surface area contributed by atoms with E-state index in [0.717, 1.165) is 16.7 Å². The maximum Gasteiger partial charge on any atom is 0.327 e. The second-order valence-corrected chi connectivity index (χ2v) is 9.71. The summed E-state index contributed by atoms with van der Waals surface area (Å²) in [6, 6.07) is 35.0. The highest BCUT2D eigenvalue weighted by Crippen LogP contribution is 2.48. The van der Waals surface area contributed by atoms with Crippen molar-refractivity contribution in [2.45, 2.75) is 10.8 Å². The molecule has 7 heteroatoms. The highest BCUT2D eigenvalue weighted by Gasteiger charge is 2.38. The summed E-state index contributed by atoms with van der Waals surface area (Å²) < 4.78 is 10.4. The molecule has 0 aliphatic rings. The molecule has 4 aromatic carbocycles. The summed E-state index contributed by atoms with van der Waals surface area (Å²) in [7, 11) is 1.58. The first-order valence-corrected chi connectivity index (χ1v) is 12.8. The number of fused-ring (bicyclic) bond motifs is 1. The number of anilines is 1. The Labute approximate surface area is 219 Å². The molecule has 1 atom stereocenters. The molecule has 0 bridgehead atoms. The molecular weight excluding hydrogens is 484 g/mol. The molecule has 5 aromatic rings. The first-order chi connectivity index (χ1) is 18.1. The van der Waals surface area contributed by atoms with Gasteiger partial charge in [-0.15, -0.1) is 11.8 Å². The van der Waals surface area contributed by atoms with E-state index in [9.17, 15) is 9.90 Å². The molecular formula is C30H26N2O4S. The van der Waals surface area contributed by atoms with Crippen molar-refractivity contribution in [1.82, 2.24) is 4.98 Å². The second kappa shape index (κ2) is 10.8. The molecule has 0 radical (unpaired) electrons. The van der Waals surface area contributed by atoms with Crippen LogP contribution in [-0.4, -0.2) is 35.0 Å². The van der Waals surface area contributed by atoms with Gasteiger partial charge in [0.15, 0.2) is 5.58 Å². The Morgan fingerprint density at radius 1 is 0.919 bits per heavy atom. The molecule has 1 heterocycles. The minimum Gasteiger partial charge on any atom is -0.497 e. The SMILES string of the molecule is COc1ccc2oc(NC(CSC(c3ccccc3)(c3ccccc3)c3ccccc3)C(=O)O)nc2c1. The third-order valence-corrected chi connectivity index (χ3v) is 7.84. The van der Waals surface area contributed by atoms with Gasteiger partial charge in [-0.05, 0) is 28.8 Å². The number of methoxy groups -OCH3 is 1. The van der Waals surface area contributed by atoms with Crippen LogP contribution in [0, 0.1) is 0 Å². The van der Waals surface area contributed by atoms with Gasteiger partial charge in [0.25, 0.3) is 6.01 Å². The summed E-state index contributed by atoms with van der Waals surface area (Å²) in [5.41, 5.74) is 4.33. The summed E-state index contributed by atoms with van der Waals surface area (Å²) in [4.78, 5) is 16.8. The van der Waals surface area contributed by atoms with Crippen LogP contribution in [0.15, 0.2) is 114 Å². The second-order valence-electron chi connectivity index (χ2n) is 8.48. The number of carbonyl (C=O) groups is 1. The maximum absolute atomic E-state index is 12.4. The van der Waals surface area contributed by atoms with Crippen molar-refractivity contribution in [3.63, 3.8) is 0 Å². The van der Waals surface area contributed by atoms with Crippen LogP contribution in [0.3, 0.4) is 0 Å². The van der Waals surface area contributed by atoms with Gasteiger partial charge < -0.3 is 19.6 Å². The molecule has 1 aromatic heterocycles. The zero-order valence-electron chi connectivity index (χ0n) is 20.2. The molecule has 1 unspecified atom stereocenters. The van der Waals surface area contributed by atoms with E-state index in [1.807, 2.05) is 54.6 Å². The molecule has 6 nitrogen and oxygen atoms in total. The minimum atomic E-state index is -0.990. The van der Waals surface area contributed by atoms with Crippen molar-refractivity contribution in [3.8, 4) is 5.75 Å². The van der Waals surface area contributed by atoms with Crippen molar-refractivity contribution in [1.29, 1.82) is 0 Å². The zero-order valence-corrected chi connectivity index (χ0v) is 21.0. The summed E-state index contributed by atoms with van der Waals surface area (Å²) in [5.74, 6) is -0.0951. The first kappa shape index (κ1) is 24.5. The summed E-state index contributed by atoms with van der Waals surface area (Å²) >= 11 is 1.56. The monoisotopic (exact) mass is 510 g/mol. The summed E-state index contributed by atoms with van der Waals surface area (Å²) in [6.45, 7) is 0. The van der Waals surface area contributed by atoms with E-state index in [4.69, 9.17) is 9.15 Å². The number of hydrogen-bond acceptors (Lipinski definition) is 6. The van der Waals surface area contributed by atoms with Gasteiger partial charge in [-0.25, -0.2) is 4.79 Å². The van der Waals surface area contributed by atoms with Crippen molar-refractivity contribution < 1.29 is 19.1 Å². The van der Waals surface area contributed by atoms with Gasteiger partial charge in [-0.1, -0.05) is 91.0 Å². The van der Waals surface area contributed by atoms with E-state index in [-0.39, 0.29) is 11.8 Å². The van der Waals surface area contributed by atoms with Crippen molar-refractivity contribution >= 4 is 34.8 Å². The third-order valence-electron chi connectivity index (χ3n) is 6.20. The average molecular weight is 511 g/mol. The van der Waals surface area contributed by atoms with E-state index < -0.39 is 16.8 Å². The van der Waals surface area contributed by atoms with Gasteiger partial charge in [-0.2, -0.15) is 4.98 Å². The first-order valence-electron chi connectivity index (χ1n) is 11.8.